The Bertz CT molecular complexity index is 163. The lowest BCUT2D eigenvalue weighted by atomic mass is 9.70. The van der Waals surface area contributed by atoms with Crippen LogP contribution in [0.4, 0.5) is 0 Å². The number of nitrogens with one attached hydrogen (secondary N) is 1. The van der Waals surface area contributed by atoms with E-state index < -0.39 is 0 Å². The molecule has 0 bridgehead atoms. The molecular weight excluding hydrogens is 170 g/mol. The third kappa shape index (κ3) is 4.00. The summed E-state index contributed by atoms with van der Waals surface area (Å²) >= 11 is 0. The molecule has 2 unspecified atom stereocenters. The van der Waals surface area contributed by atoms with E-state index in [1.165, 1.54) is 38.6 Å². The molecule has 84 valence electrons. The van der Waals surface area contributed by atoms with Gasteiger partial charge in [0.05, 0.1) is 0 Å². The lowest BCUT2D eigenvalue weighted by Crippen LogP contribution is -2.40. The van der Waals surface area contributed by atoms with Gasteiger partial charge >= 0.3 is 0 Å². The minimum Gasteiger partial charge on any atom is -0.314 e. The molecule has 0 aromatic heterocycles. The molecule has 1 saturated carbocycles. The van der Waals surface area contributed by atoms with Crippen molar-refractivity contribution in [1.82, 2.24) is 5.32 Å². The van der Waals surface area contributed by atoms with E-state index in [4.69, 9.17) is 0 Å². The molecule has 0 spiro atoms. The normalized spacial score (nSPS) is 31.7. The van der Waals surface area contributed by atoms with Crippen LogP contribution < -0.4 is 5.32 Å². The van der Waals surface area contributed by atoms with Gasteiger partial charge in [0.15, 0.2) is 0 Å². The Balaban J connectivity index is 2.30. The molecule has 1 aliphatic rings. The van der Waals surface area contributed by atoms with Gasteiger partial charge in [-0.15, -0.1) is 0 Å². The van der Waals surface area contributed by atoms with Crippen LogP contribution in [-0.2, 0) is 0 Å². The van der Waals surface area contributed by atoms with Gasteiger partial charge in [-0.2, -0.15) is 0 Å². The highest BCUT2D eigenvalue weighted by atomic mass is 14.9. The molecule has 1 aliphatic carbocycles. The second-order valence-electron chi connectivity index (χ2n) is 5.92. The summed E-state index contributed by atoms with van der Waals surface area (Å²) in [5, 5.41) is 3.71. The lowest BCUT2D eigenvalue weighted by molar-refractivity contribution is 0.151. The Hall–Kier alpha value is -0.0400. The summed E-state index contributed by atoms with van der Waals surface area (Å²) in [6.07, 6.45) is 6.77. The van der Waals surface area contributed by atoms with Crippen LogP contribution in [0.3, 0.4) is 0 Å². The van der Waals surface area contributed by atoms with Crippen molar-refractivity contribution in [3.63, 3.8) is 0 Å². The van der Waals surface area contributed by atoms with Crippen LogP contribution in [-0.4, -0.2) is 12.6 Å². The molecule has 0 heterocycles. The molecule has 0 amide bonds. The van der Waals surface area contributed by atoms with Gasteiger partial charge in [-0.1, -0.05) is 34.1 Å². The summed E-state index contributed by atoms with van der Waals surface area (Å²) in [6, 6.07) is 0.778. The highest BCUT2D eigenvalue weighted by molar-refractivity contribution is 4.86. The van der Waals surface area contributed by atoms with Gasteiger partial charge in [0.25, 0.3) is 0 Å². The van der Waals surface area contributed by atoms with E-state index in [9.17, 15) is 0 Å². The van der Waals surface area contributed by atoms with Crippen molar-refractivity contribution in [3.05, 3.63) is 0 Å². The summed E-state index contributed by atoms with van der Waals surface area (Å²) in [4.78, 5) is 0. The first-order chi connectivity index (χ1) is 6.53. The fourth-order valence-corrected chi connectivity index (χ4v) is 2.98. The molecule has 14 heavy (non-hydrogen) atoms. The Labute approximate surface area is 89.7 Å². The van der Waals surface area contributed by atoms with Gasteiger partial charge in [-0.3, -0.25) is 0 Å². The van der Waals surface area contributed by atoms with E-state index in [1.807, 2.05) is 0 Å². The van der Waals surface area contributed by atoms with E-state index in [1.54, 1.807) is 0 Å². The van der Waals surface area contributed by atoms with E-state index in [2.05, 4.69) is 33.0 Å². The largest absolute Gasteiger partial charge is 0.314 e. The molecule has 1 heteroatoms. The average Bonchev–Trinajstić information content (AvgIpc) is 2.00. The molecule has 0 aliphatic heterocycles. The van der Waals surface area contributed by atoms with Crippen molar-refractivity contribution in [2.45, 2.75) is 65.8 Å². The van der Waals surface area contributed by atoms with Crippen molar-refractivity contribution < 1.29 is 0 Å². The maximum atomic E-state index is 3.71. The maximum absolute atomic E-state index is 3.71. The fraction of sp³-hybridized carbons (Fsp3) is 1.00. The molecule has 0 radical (unpaired) electrons. The van der Waals surface area contributed by atoms with Crippen LogP contribution in [0.15, 0.2) is 0 Å². The molecule has 1 nitrogen and oxygen atoms in total. The highest BCUT2D eigenvalue weighted by Gasteiger charge is 2.31. The molecule has 0 saturated heterocycles. The van der Waals surface area contributed by atoms with Crippen molar-refractivity contribution in [1.29, 1.82) is 0 Å². The fourth-order valence-electron chi connectivity index (χ4n) is 2.98. The van der Waals surface area contributed by atoms with Gasteiger partial charge in [-0.25, -0.2) is 0 Å². The van der Waals surface area contributed by atoms with Crippen LogP contribution in [0.1, 0.15) is 59.8 Å². The third-order valence-corrected chi connectivity index (χ3v) is 3.35. The first-order valence-electron chi connectivity index (χ1n) is 6.27. The molecule has 2 atom stereocenters. The number of hydrogen-bond acceptors (Lipinski definition) is 1. The molecular formula is C13H27N. The van der Waals surface area contributed by atoms with E-state index in [0.717, 1.165) is 12.0 Å². The topological polar surface area (TPSA) is 12.0 Å². The summed E-state index contributed by atoms with van der Waals surface area (Å²) in [5.74, 6) is 0.901. The predicted octanol–water partition coefficient (Wildman–Crippen LogP) is 3.59. The van der Waals surface area contributed by atoms with Gasteiger partial charge in [0.2, 0.25) is 0 Å². The minimum absolute atomic E-state index is 0.557. The summed E-state index contributed by atoms with van der Waals surface area (Å²) < 4.78 is 0. The monoisotopic (exact) mass is 197 g/mol. The number of hydrogen-bond donors (Lipinski definition) is 1. The zero-order valence-corrected chi connectivity index (χ0v) is 10.4. The number of rotatable bonds is 4. The standard InChI is InChI=1S/C13H27N/c1-5-6-7-14-12-8-11(2)9-13(3,4)10-12/h11-12,14H,5-10H2,1-4H3. The minimum atomic E-state index is 0.557. The second-order valence-corrected chi connectivity index (χ2v) is 5.92. The van der Waals surface area contributed by atoms with Crippen LogP contribution >= 0.6 is 0 Å². The maximum Gasteiger partial charge on any atom is 0.00746 e. The van der Waals surface area contributed by atoms with Gasteiger partial charge in [0.1, 0.15) is 0 Å². The van der Waals surface area contributed by atoms with Crippen molar-refractivity contribution in [2.75, 3.05) is 6.54 Å². The Morgan fingerprint density at radius 1 is 1.29 bits per heavy atom. The van der Waals surface area contributed by atoms with Crippen molar-refractivity contribution in [2.24, 2.45) is 11.3 Å². The van der Waals surface area contributed by atoms with E-state index in [0.29, 0.717) is 5.41 Å². The Morgan fingerprint density at radius 2 is 2.00 bits per heavy atom. The third-order valence-electron chi connectivity index (χ3n) is 3.35. The Morgan fingerprint density at radius 3 is 2.57 bits per heavy atom. The zero-order valence-electron chi connectivity index (χ0n) is 10.4. The molecule has 0 aromatic rings. The first-order valence-corrected chi connectivity index (χ1v) is 6.27. The van der Waals surface area contributed by atoms with Crippen LogP contribution in [0, 0.1) is 11.3 Å². The second kappa shape index (κ2) is 5.16. The van der Waals surface area contributed by atoms with Crippen molar-refractivity contribution in [3.8, 4) is 0 Å². The average molecular weight is 197 g/mol. The molecule has 0 aromatic carbocycles. The zero-order chi connectivity index (χ0) is 10.6. The Kier molecular flexibility index (Phi) is 4.43. The van der Waals surface area contributed by atoms with Crippen LogP contribution in [0.5, 0.6) is 0 Å². The number of unbranched alkanes of at least 4 members (excludes halogenated alkanes) is 1. The van der Waals surface area contributed by atoms with E-state index in [-0.39, 0.29) is 0 Å². The quantitative estimate of drug-likeness (QED) is 0.679. The smallest absolute Gasteiger partial charge is 0.00746 e. The van der Waals surface area contributed by atoms with Gasteiger partial charge in [0, 0.05) is 6.04 Å². The molecule has 1 N–H and O–H groups in total. The SMILES string of the molecule is CCCCNC1CC(C)CC(C)(C)C1. The van der Waals surface area contributed by atoms with Gasteiger partial charge < -0.3 is 5.32 Å². The summed E-state index contributed by atoms with van der Waals surface area (Å²) in [6.45, 7) is 10.7. The predicted molar refractivity (Wildman–Crippen MR) is 63.5 cm³/mol. The molecule has 1 fully saturated rings. The summed E-state index contributed by atoms with van der Waals surface area (Å²) in [5.41, 5.74) is 0.557. The lowest BCUT2D eigenvalue weighted by Gasteiger charge is -2.39. The van der Waals surface area contributed by atoms with E-state index >= 15 is 0 Å². The van der Waals surface area contributed by atoms with Crippen molar-refractivity contribution >= 4 is 0 Å². The molecule has 1 rings (SSSR count). The summed E-state index contributed by atoms with van der Waals surface area (Å²) in [7, 11) is 0. The van der Waals surface area contributed by atoms with Gasteiger partial charge in [-0.05, 0) is 43.6 Å². The van der Waals surface area contributed by atoms with Crippen LogP contribution in [0.2, 0.25) is 0 Å². The highest BCUT2D eigenvalue weighted by Crippen LogP contribution is 2.38. The van der Waals surface area contributed by atoms with Crippen LogP contribution in [0.25, 0.3) is 0 Å². The first kappa shape index (κ1) is 12.0.